The van der Waals surface area contributed by atoms with Gasteiger partial charge in [-0.15, -0.1) is 0 Å². The highest BCUT2D eigenvalue weighted by Crippen LogP contribution is 2.27. The van der Waals surface area contributed by atoms with E-state index in [9.17, 15) is 22.4 Å². The minimum Gasteiger partial charge on any atom is -0.350 e. The first kappa shape index (κ1) is 34.0. The van der Waals surface area contributed by atoms with Crippen molar-refractivity contribution in [3.8, 4) is 0 Å². The van der Waals surface area contributed by atoms with Gasteiger partial charge in [0.2, 0.25) is 11.8 Å². The van der Waals surface area contributed by atoms with Gasteiger partial charge in [0.25, 0.3) is 10.0 Å². The first-order valence-corrected chi connectivity index (χ1v) is 16.4. The van der Waals surface area contributed by atoms with Gasteiger partial charge >= 0.3 is 0 Å². The lowest BCUT2D eigenvalue weighted by atomic mass is 10.0. The van der Waals surface area contributed by atoms with E-state index in [1.807, 2.05) is 51.1 Å². The van der Waals surface area contributed by atoms with Crippen LogP contribution in [-0.2, 0) is 32.6 Å². The van der Waals surface area contributed by atoms with E-state index >= 15 is 0 Å². The van der Waals surface area contributed by atoms with Gasteiger partial charge in [0, 0.05) is 28.5 Å². The first-order valence-electron chi connectivity index (χ1n) is 14.2. The highest BCUT2D eigenvalue weighted by Gasteiger charge is 2.36. The molecule has 236 valence electrons. The number of para-hydroxylation sites is 1. The van der Waals surface area contributed by atoms with Crippen LogP contribution in [0, 0.1) is 5.82 Å². The third kappa shape index (κ3) is 9.06. The minimum atomic E-state index is -4.34. The molecular formula is C34H34Cl2FN3O4S. The Morgan fingerprint density at radius 3 is 2.04 bits per heavy atom. The summed E-state index contributed by atoms with van der Waals surface area (Å²) in [6.07, 6.45) is 0.149. The van der Waals surface area contributed by atoms with Crippen molar-refractivity contribution in [1.29, 1.82) is 0 Å². The molecule has 0 heterocycles. The number of amides is 2. The van der Waals surface area contributed by atoms with Crippen LogP contribution in [0.5, 0.6) is 0 Å². The summed E-state index contributed by atoms with van der Waals surface area (Å²) in [5.41, 5.74) is 0.910. The molecule has 7 nitrogen and oxygen atoms in total. The molecule has 1 atom stereocenters. The zero-order chi connectivity index (χ0) is 32.8. The molecule has 1 N–H and O–H groups in total. The maximum atomic E-state index is 14.5. The number of hydrogen-bond donors (Lipinski definition) is 1. The second kappa shape index (κ2) is 14.5. The Kier molecular flexibility index (Phi) is 10.9. The summed E-state index contributed by atoms with van der Waals surface area (Å²) >= 11 is 12.7. The van der Waals surface area contributed by atoms with E-state index < -0.39 is 45.8 Å². The molecule has 0 saturated heterocycles. The van der Waals surface area contributed by atoms with E-state index in [4.69, 9.17) is 23.2 Å². The number of sulfonamides is 1. The molecular weight excluding hydrogens is 636 g/mol. The quantitative estimate of drug-likeness (QED) is 0.189. The SMILES string of the molecule is CC(C)(C)NC(=O)[C@@H](Cc1ccccc1)N(Cc1ccc(Cl)cc1Cl)C(=O)CN(c1ccccc1)S(=O)(=O)c1ccc(F)cc1. The number of nitrogens with zero attached hydrogens (tertiary/aromatic N) is 2. The monoisotopic (exact) mass is 669 g/mol. The Hall–Kier alpha value is -3.92. The van der Waals surface area contributed by atoms with Crippen molar-refractivity contribution < 1.29 is 22.4 Å². The van der Waals surface area contributed by atoms with E-state index in [0.29, 0.717) is 10.6 Å². The fourth-order valence-electron chi connectivity index (χ4n) is 4.70. The van der Waals surface area contributed by atoms with Crippen molar-refractivity contribution >= 4 is 50.7 Å². The van der Waals surface area contributed by atoms with Gasteiger partial charge < -0.3 is 10.2 Å². The molecule has 4 aromatic carbocycles. The molecule has 2 amide bonds. The minimum absolute atomic E-state index is 0.108. The van der Waals surface area contributed by atoms with Crippen LogP contribution in [0.2, 0.25) is 10.0 Å². The molecule has 45 heavy (non-hydrogen) atoms. The number of hydrogen-bond acceptors (Lipinski definition) is 4. The van der Waals surface area contributed by atoms with Gasteiger partial charge in [-0.1, -0.05) is 77.8 Å². The molecule has 0 aliphatic carbocycles. The van der Waals surface area contributed by atoms with Crippen LogP contribution in [0.15, 0.2) is 108 Å². The average molecular weight is 671 g/mol. The normalized spacial score (nSPS) is 12.3. The number of carbonyl (C=O) groups is 2. The van der Waals surface area contributed by atoms with Gasteiger partial charge in [0.15, 0.2) is 0 Å². The summed E-state index contributed by atoms with van der Waals surface area (Å²) in [5, 5.41) is 3.66. The van der Waals surface area contributed by atoms with Gasteiger partial charge in [-0.2, -0.15) is 0 Å². The summed E-state index contributed by atoms with van der Waals surface area (Å²) in [7, 11) is -4.34. The zero-order valence-corrected chi connectivity index (χ0v) is 27.4. The fraction of sp³-hybridized carbons (Fsp3) is 0.235. The third-order valence-corrected chi connectivity index (χ3v) is 9.22. The molecule has 4 aromatic rings. The Balaban J connectivity index is 1.82. The van der Waals surface area contributed by atoms with Crippen LogP contribution >= 0.6 is 23.2 Å². The number of benzene rings is 4. The Morgan fingerprint density at radius 1 is 0.867 bits per heavy atom. The molecule has 0 aromatic heterocycles. The predicted molar refractivity (Wildman–Crippen MR) is 176 cm³/mol. The molecule has 0 fully saturated rings. The fourth-order valence-corrected chi connectivity index (χ4v) is 6.58. The van der Waals surface area contributed by atoms with Crippen molar-refractivity contribution in [2.75, 3.05) is 10.8 Å². The number of rotatable bonds is 11. The Labute approximate surface area is 273 Å². The van der Waals surface area contributed by atoms with Gasteiger partial charge in [0.05, 0.1) is 10.6 Å². The molecule has 0 radical (unpaired) electrons. The molecule has 11 heteroatoms. The maximum absolute atomic E-state index is 14.5. The number of halogens is 3. The zero-order valence-electron chi connectivity index (χ0n) is 25.1. The van der Waals surface area contributed by atoms with Gasteiger partial charge in [-0.05, 0) is 80.4 Å². The topological polar surface area (TPSA) is 86.8 Å². The van der Waals surface area contributed by atoms with Crippen LogP contribution < -0.4 is 9.62 Å². The standard InChI is InChI=1S/C34H34Cl2FN3O4S/c1-34(2,3)38-33(42)31(20-24-10-6-4-7-11-24)39(22-25-14-15-26(35)21-30(25)36)32(41)23-40(28-12-8-5-9-13-28)45(43,44)29-18-16-27(37)17-19-29/h4-19,21,31H,20,22-23H2,1-3H3,(H,38,42)/t31-/m1/s1. The first-order chi connectivity index (χ1) is 21.2. The Bertz CT molecular complexity index is 1730. The highest BCUT2D eigenvalue weighted by molar-refractivity contribution is 7.92. The van der Waals surface area contributed by atoms with E-state index in [1.54, 1.807) is 42.5 Å². The van der Waals surface area contributed by atoms with Crippen LogP contribution in [-0.4, -0.2) is 43.3 Å². The summed E-state index contributed by atoms with van der Waals surface area (Å²) < 4.78 is 42.6. The summed E-state index contributed by atoms with van der Waals surface area (Å²) in [6.45, 7) is 4.74. The summed E-state index contributed by atoms with van der Waals surface area (Å²) in [6, 6.07) is 25.5. The van der Waals surface area contributed by atoms with Gasteiger partial charge in [-0.3, -0.25) is 13.9 Å². The van der Waals surface area contributed by atoms with Crippen molar-refractivity contribution in [2.45, 2.75) is 50.2 Å². The predicted octanol–water partition coefficient (Wildman–Crippen LogP) is 6.88. The highest BCUT2D eigenvalue weighted by atomic mass is 35.5. The lowest BCUT2D eigenvalue weighted by Crippen LogP contribution is -2.56. The van der Waals surface area contributed by atoms with Crippen LogP contribution in [0.25, 0.3) is 0 Å². The summed E-state index contributed by atoms with van der Waals surface area (Å²) in [5.74, 6) is -1.67. The van der Waals surface area contributed by atoms with E-state index in [-0.39, 0.29) is 28.6 Å². The second-order valence-electron chi connectivity index (χ2n) is 11.5. The third-order valence-electron chi connectivity index (χ3n) is 6.85. The van der Waals surface area contributed by atoms with Gasteiger partial charge in [0.1, 0.15) is 18.4 Å². The maximum Gasteiger partial charge on any atom is 0.264 e. The lowest BCUT2D eigenvalue weighted by Gasteiger charge is -2.35. The van der Waals surface area contributed by atoms with Crippen LogP contribution in [0.3, 0.4) is 0 Å². The second-order valence-corrected chi connectivity index (χ2v) is 14.2. The summed E-state index contributed by atoms with van der Waals surface area (Å²) in [4.78, 5) is 29.5. The number of carbonyl (C=O) groups excluding carboxylic acids is 2. The molecule has 0 aliphatic rings. The molecule has 0 spiro atoms. The van der Waals surface area contributed by atoms with E-state index in [2.05, 4.69) is 5.32 Å². The van der Waals surface area contributed by atoms with Crippen molar-refractivity contribution in [1.82, 2.24) is 10.2 Å². The van der Waals surface area contributed by atoms with Crippen LogP contribution in [0.1, 0.15) is 31.9 Å². The van der Waals surface area contributed by atoms with Gasteiger partial charge in [-0.25, -0.2) is 12.8 Å². The molecule has 0 saturated carbocycles. The Morgan fingerprint density at radius 2 is 1.47 bits per heavy atom. The van der Waals surface area contributed by atoms with Crippen molar-refractivity contribution in [3.05, 3.63) is 130 Å². The molecule has 0 aliphatic heterocycles. The molecule has 4 rings (SSSR count). The van der Waals surface area contributed by atoms with Crippen LogP contribution in [0.4, 0.5) is 10.1 Å². The average Bonchev–Trinajstić information content (AvgIpc) is 2.98. The lowest BCUT2D eigenvalue weighted by molar-refractivity contribution is -0.140. The number of nitrogens with one attached hydrogen (secondary N) is 1. The molecule has 0 bridgehead atoms. The number of anilines is 1. The largest absolute Gasteiger partial charge is 0.350 e. The van der Waals surface area contributed by atoms with E-state index in [0.717, 1.165) is 34.1 Å². The molecule has 0 unspecified atom stereocenters. The van der Waals surface area contributed by atoms with E-state index in [1.165, 1.54) is 11.0 Å². The van der Waals surface area contributed by atoms with Crippen molar-refractivity contribution in [2.24, 2.45) is 0 Å². The van der Waals surface area contributed by atoms with Crippen molar-refractivity contribution in [3.63, 3.8) is 0 Å². The smallest absolute Gasteiger partial charge is 0.264 e.